The molecule has 0 unspecified atom stereocenters. The molecule has 1 aromatic carbocycles. The van der Waals surface area contributed by atoms with Crippen LogP contribution in [-0.2, 0) is 17.0 Å². The number of amides is 1. The van der Waals surface area contributed by atoms with E-state index >= 15 is 0 Å². The summed E-state index contributed by atoms with van der Waals surface area (Å²) in [5.74, 6) is 1.87. The molecule has 0 aliphatic carbocycles. The number of nitrogens with zero attached hydrogens (tertiary/aromatic N) is 2. The fourth-order valence-electron chi connectivity index (χ4n) is 1.47. The Morgan fingerprint density at radius 1 is 1.26 bits per heavy atom. The van der Waals surface area contributed by atoms with E-state index in [2.05, 4.69) is 15.5 Å². The molecular formula is C13H15N3O2S. The normalized spacial score (nSPS) is 10.4. The zero-order valence-electron chi connectivity index (χ0n) is 10.8. The number of nitrogens with one attached hydrogen (secondary N) is 1. The van der Waals surface area contributed by atoms with E-state index in [4.69, 9.17) is 4.42 Å². The largest absolute Gasteiger partial charge is 0.424 e. The van der Waals surface area contributed by atoms with Crippen molar-refractivity contribution in [2.24, 2.45) is 0 Å². The van der Waals surface area contributed by atoms with Crippen molar-refractivity contribution < 1.29 is 9.21 Å². The van der Waals surface area contributed by atoms with Crippen LogP contribution >= 0.6 is 11.8 Å². The Hall–Kier alpha value is -1.82. The van der Waals surface area contributed by atoms with Crippen LogP contribution in [0.15, 0.2) is 33.6 Å². The topological polar surface area (TPSA) is 68.0 Å². The van der Waals surface area contributed by atoms with Crippen molar-refractivity contribution in [3.63, 3.8) is 0 Å². The monoisotopic (exact) mass is 277 g/mol. The molecule has 0 saturated carbocycles. The molecule has 6 heteroatoms. The number of carbonyl (C=O) groups excluding carboxylic acids is 1. The molecular weight excluding hydrogens is 262 g/mol. The maximum Gasteiger partial charge on any atom is 0.226 e. The SMILES string of the molecule is CCc1nnc(CSc2ccc(NC(C)=O)cc2)o1. The number of benzene rings is 1. The number of aromatic nitrogens is 2. The molecule has 1 N–H and O–H groups in total. The van der Waals surface area contributed by atoms with Gasteiger partial charge >= 0.3 is 0 Å². The van der Waals surface area contributed by atoms with Crippen molar-refractivity contribution in [2.75, 3.05) is 5.32 Å². The molecule has 0 radical (unpaired) electrons. The molecule has 0 fully saturated rings. The van der Waals surface area contributed by atoms with Crippen LogP contribution < -0.4 is 5.32 Å². The summed E-state index contributed by atoms with van der Waals surface area (Å²) in [4.78, 5) is 12.0. The maximum atomic E-state index is 10.9. The summed E-state index contributed by atoms with van der Waals surface area (Å²) < 4.78 is 5.43. The van der Waals surface area contributed by atoms with Gasteiger partial charge in [0.15, 0.2) is 0 Å². The van der Waals surface area contributed by atoms with Crippen LogP contribution in [0, 0.1) is 0 Å². The van der Waals surface area contributed by atoms with Crippen LogP contribution in [0.2, 0.25) is 0 Å². The van der Waals surface area contributed by atoms with Crippen LogP contribution in [-0.4, -0.2) is 16.1 Å². The van der Waals surface area contributed by atoms with Crippen molar-refractivity contribution >= 4 is 23.4 Å². The average Bonchev–Trinajstić information content (AvgIpc) is 2.85. The summed E-state index contributed by atoms with van der Waals surface area (Å²) in [6.07, 6.45) is 0.753. The number of hydrogen-bond acceptors (Lipinski definition) is 5. The van der Waals surface area contributed by atoms with Gasteiger partial charge in [-0.25, -0.2) is 0 Å². The lowest BCUT2D eigenvalue weighted by atomic mass is 10.3. The lowest BCUT2D eigenvalue weighted by Gasteiger charge is -2.03. The molecule has 19 heavy (non-hydrogen) atoms. The van der Waals surface area contributed by atoms with E-state index in [1.54, 1.807) is 11.8 Å². The van der Waals surface area contributed by atoms with Crippen LogP contribution in [0.1, 0.15) is 25.6 Å². The third-order valence-electron chi connectivity index (χ3n) is 2.35. The minimum Gasteiger partial charge on any atom is -0.424 e. The zero-order chi connectivity index (χ0) is 13.7. The third-order valence-corrected chi connectivity index (χ3v) is 3.34. The Morgan fingerprint density at radius 3 is 2.53 bits per heavy atom. The standard InChI is InChI=1S/C13H15N3O2S/c1-3-12-15-16-13(18-12)8-19-11-6-4-10(5-7-11)14-9(2)17/h4-7H,3,8H2,1-2H3,(H,14,17). The molecule has 1 aromatic heterocycles. The second-order valence-corrected chi connectivity index (χ2v) is 4.99. The van der Waals surface area contributed by atoms with Crippen molar-refractivity contribution in [3.05, 3.63) is 36.0 Å². The van der Waals surface area contributed by atoms with E-state index in [0.717, 1.165) is 17.0 Å². The molecule has 0 atom stereocenters. The first-order valence-corrected chi connectivity index (χ1v) is 6.97. The predicted molar refractivity (Wildman–Crippen MR) is 74.0 cm³/mol. The van der Waals surface area contributed by atoms with Gasteiger partial charge in [0.1, 0.15) is 0 Å². The molecule has 0 spiro atoms. The van der Waals surface area contributed by atoms with Gasteiger partial charge in [0.2, 0.25) is 17.7 Å². The summed E-state index contributed by atoms with van der Waals surface area (Å²) in [7, 11) is 0. The van der Waals surface area contributed by atoms with Crippen molar-refractivity contribution in [3.8, 4) is 0 Å². The Bertz CT molecular complexity index is 551. The highest BCUT2D eigenvalue weighted by Crippen LogP contribution is 2.23. The van der Waals surface area contributed by atoms with Crippen LogP contribution in [0.25, 0.3) is 0 Å². The van der Waals surface area contributed by atoms with Gasteiger partial charge in [0, 0.05) is 23.9 Å². The van der Waals surface area contributed by atoms with Crippen molar-refractivity contribution in [2.45, 2.75) is 30.9 Å². The summed E-state index contributed by atoms with van der Waals surface area (Å²) in [6.45, 7) is 3.47. The first-order valence-electron chi connectivity index (χ1n) is 5.99. The molecule has 0 saturated heterocycles. The maximum absolute atomic E-state index is 10.9. The number of aryl methyl sites for hydroxylation is 1. The first-order chi connectivity index (χ1) is 9.17. The summed E-state index contributed by atoms with van der Waals surface area (Å²) in [5, 5.41) is 10.6. The van der Waals surface area contributed by atoms with E-state index in [1.165, 1.54) is 6.92 Å². The summed E-state index contributed by atoms with van der Waals surface area (Å²) in [5.41, 5.74) is 0.794. The average molecular weight is 277 g/mol. The van der Waals surface area contributed by atoms with Gasteiger partial charge in [-0.05, 0) is 24.3 Å². The highest BCUT2D eigenvalue weighted by molar-refractivity contribution is 7.98. The number of carbonyl (C=O) groups is 1. The molecule has 5 nitrogen and oxygen atoms in total. The van der Waals surface area contributed by atoms with Crippen LogP contribution in [0.3, 0.4) is 0 Å². The van der Waals surface area contributed by atoms with Crippen LogP contribution in [0.5, 0.6) is 0 Å². The predicted octanol–water partition coefficient (Wildman–Crippen LogP) is 2.88. The lowest BCUT2D eigenvalue weighted by Crippen LogP contribution is -2.05. The number of rotatable bonds is 5. The quantitative estimate of drug-likeness (QED) is 0.851. The van der Waals surface area contributed by atoms with Crippen LogP contribution in [0.4, 0.5) is 5.69 Å². The smallest absolute Gasteiger partial charge is 0.226 e. The Labute approximate surface area is 115 Å². The molecule has 0 aliphatic rings. The van der Waals surface area contributed by atoms with Gasteiger partial charge in [-0.1, -0.05) is 6.92 Å². The van der Waals surface area contributed by atoms with E-state index in [0.29, 0.717) is 17.5 Å². The van der Waals surface area contributed by atoms with E-state index < -0.39 is 0 Å². The Morgan fingerprint density at radius 2 is 1.95 bits per heavy atom. The Kier molecular flexibility index (Phi) is 4.57. The molecule has 1 heterocycles. The van der Waals surface area contributed by atoms with E-state index in [-0.39, 0.29) is 5.91 Å². The molecule has 2 rings (SSSR count). The molecule has 0 aliphatic heterocycles. The molecule has 100 valence electrons. The fourth-order valence-corrected chi connectivity index (χ4v) is 2.21. The molecule has 1 amide bonds. The van der Waals surface area contributed by atoms with Crippen molar-refractivity contribution in [1.82, 2.24) is 10.2 Å². The first kappa shape index (κ1) is 13.6. The summed E-state index contributed by atoms with van der Waals surface area (Å²) in [6, 6.07) is 7.64. The van der Waals surface area contributed by atoms with Gasteiger partial charge < -0.3 is 9.73 Å². The van der Waals surface area contributed by atoms with Gasteiger partial charge in [-0.15, -0.1) is 22.0 Å². The molecule has 2 aromatic rings. The summed E-state index contributed by atoms with van der Waals surface area (Å²) >= 11 is 1.62. The highest BCUT2D eigenvalue weighted by atomic mass is 32.2. The van der Waals surface area contributed by atoms with Gasteiger partial charge in [-0.2, -0.15) is 0 Å². The third kappa shape index (κ3) is 4.10. The number of hydrogen-bond donors (Lipinski definition) is 1. The van der Waals surface area contributed by atoms with Gasteiger partial charge in [-0.3, -0.25) is 4.79 Å². The second kappa shape index (κ2) is 6.38. The Balaban J connectivity index is 1.90. The number of anilines is 1. The highest BCUT2D eigenvalue weighted by Gasteiger charge is 2.05. The number of thioether (sulfide) groups is 1. The zero-order valence-corrected chi connectivity index (χ0v) is 11.7. The van der Waals surface area contributed by atoms with Gasteiger partial charge in [0.25, 0.3) is 0 Å². The fraction of sp³-hybridized carbons (Fsp3) is 0.308. The van der Waals surface area contributed by atoms with Gasteiger partial charge in [0.05, 0.1) is 5.75 Å². The molecule has 0 bridgehead atoms. The minimum atomic E-state index is -0.0710. The minimum absolute atomic E-state index is 0.0710. The van der Waals surface area contributed by atoms with Crippen molar-refractivity contribution in [1.29, 1.82) is 0 Å². The second-order valence-electron chi connectivity index (χ2n) is 3.94. The van der Waals surface area contributed by atoms with E-state index in [9.17, 15) is 4.79 Å². The lowest BCUT2D eigenvalue weighted by molar-refractivity contribution is -0.114. The van der Waals surface area contributed by atoms with E-state index in [1.807, 2.05) is 31.2 Å².